The molecule has 1 heterocycles. The standard InChI is InChI=1S/C16H26N2O4S/c1-13(2)12-17-7-9-18(10-8-17)23(19,20)14-5-6-15(21-3)16(11-14)22-4/h5-6,11,13H,7-10,12H2,1-4H3. The summed E-state index contributed by atoms with van der Waals surface area (Å²) in [6.45, 7) is 7.92. The van der Waals surface area contributed by atoms with Gasteiger partial charge in [-0.05, 0) is 18.1 Å². The number of methoxy groups -OCH3 is 2. The topological polar surface area (TPSA) is 59.1 Å². The van der Waals surface area contributed by atoms with Crippen molar-refractivity contribution in [2.24, 2.45) is 5.92 Å². The predicted molar refractivity (Wildman–Crippen MR) is 89.6 cm³/mol. The van der Waals surface area contributed by atoms with Crippen molar-refractivity contribution in [3.8, 4) is 11.5 Å². The van der Waals surface area contributed by atoms with E-state index in [1.807, 2.05) is 0 Å². The number of piperazine rings is 1. The fraction of sp³-hybridized carbons (Fsp3) is 0.625. The normalized spacial score (nSPS) is 17.4. The smallest absolute Gasteiger partial charge is 0.243 e. The van der Waals surface area contributed by atoms with Gasteiger partial charge in [-0.1, -0.05) is 13.8 Å². The van der Waals surface area contributed by atoms with Crippen LogP contribution in [-0.4, -0.2) is 64.6 Å². The molecule has 0 bridgehead atoms. The molecule has 0 unspecified atom stereocenters. The van der Waals surface area contributed by atoms with E-state index in [0.717, 1.165) is 19.6 Å². The summed E-state index contributed by atoms with van der Waals surface area (Å²) in [6, 6.07) is 4.71. The zero-order chi connectivity index (χ0) is 17.0. The maximum Gasteiger partial charge on any atom is 0.243 e. The minimum absolute atomic E-state index is 0.243. The summed E-state index contributed by atoms with van der Waals surface area (Å²) in [5.41, 5.74) is 0. The molecule has 0 radical (unpaired) electrons. The highest BCUT2D eigenvalue weighted by molar-refractivity contribution is 7.89. The zero-order valence-corrected chi connectivity index (χ0v) is 15.1. The Bertz CT molecular complexity index is 623. The maximum absolute atomic E-state index is 12.8. The van der Waals surface area contributed by atoms with Crippen molar-refractivity contribution >= 4 is 10.0 Å². The number of sulfonamides is 1. The Morgan fingerprint density at radius 2 is 1.65 bits per heavy atom. The molecule has 7 heteroatoms. The molecule has 1 aromatic carbocycles. The number of ether oxygens (including phenoxy) is 2. The van der Waals surface area contributed by atoms with Gasteiger partial charge < -0.3 is 14.4 Å². The van der Waals surface area contributed by atoms with E-state index < -0.39 is 10.0 Å². The molecule has 1 fully saturated rings. The Labute approximate surface area is 139 Å². The molecule has 0 amide bonds. The summed E-state index contributed by atoms with van der Waals surface area (Å²) < 4.78 is 37.5. The van der Waals surface area contributed by atoms with Gasteiger partial charge in [-0.3, -0.25) is 0 Å². The van der Waals surface area contributed by atoms with Gasteiger partial charge in [-0.15, -0.1) is 0 Å². The number of benzene rings is 1. The van der Waals surface area contributed by atoms with E-state index in [-0.39, 0.29) is 4.90 Å². The minimum Gasteiger partial charge on any atom is -0.493 e. The SMILES string of the molecule is COc1ccc(S(=O)(=O)N2CCN(CC(C)C)CC2)cc1OC. The summed E-state index contributed by atoms with van der Waals surface area (Å²) in [7, 11) is -0.474. The van der Waals surface area contributed by atoms with Crippen molar-refractivity contribution in [3.05, 3.63) is 18.2 Å². The predicted octanol–water partition coefficient (Wildman–Crippen LogP) is 1.67. The first-order chi connectivity index (χ1) is 10.9. The zero-order valence-electron chi connectivity index (χ0n) is 14.3. The quantitative estimate of drug-likeness (QED) is 0.787. The number of rotatable bonds is 6. The van der Waals surface area contributed by atoms with Crippen molar-refractivity contribution in [2.75, 3.05) is 46.9 Å². The van der Waals surface area contributed by atoms with Crippen LogP contribution in [0, 0.1) is 5.92 Å². The largest absolute Gasteiger partial charge is 0.493 e. The first kappa shape index (κ1) is 18.0. The van der Waals surface area contributed by atoms with E-state index in [4.69, 9.17) is 9.47 Å². The van der Waals surface area contributed by atoms with Crippen molar-refractivity contribution in [1.82, 2.24) is 9.21 Å². The van der Waals surface area contributed by atoms with Crippen molar-refractivity contribution in [2.45, 2.75) is 18.7 Å². The molecule has 6 nitrogen and oxygen atoms in total. The maximum atomic E-state index is 12.8. The first-order valence-electron chi connectivity index (χ1n) is 7.83. The third-order valence-electron chi connectivity index (χ3n) is 3.95. The van der Waals surface area contributed by atoms with Gasteiger partial charge in [0.25, 0.3) is 0 Å². The number of hydrogen-bond donors (Lipinski definition) is 0. The second kappa shape index (κ2) is 7.51. The summed E-state index contributed by atoms with van der Waals surface area (Å²) in [5.74, 6) is 1.53. The van der Waals surface area contributed by atoms with E-state index in [9.17, 15) is 8.42 Å². The molecule has 23 heavy (non-hydrogen) atoms. The van der Waals surface area contributed by atoms with Crippen molar-refractivity contribution < 1.29 is 17.9 Å². The van der Waals surface area contributed by atoms with Crippen LogP contribution in [0.2, 0.25) is 0 Å². The van der Waals surface area contributed by atoms with Gasteiger partial charge in [0.1, 0.15) is 0 Å². The van der Waals surface area contributed by atoms with Crippen LogP contribution >= 0.6 is 0 Å². The van der Waals surface area contributed by atoms with Crippen LogP contribution in [-0.2, 0) is 10.0 Å². The lowest BCUT2D eigenvalue weighted by atomic mass is 10.2. The van der Waals surface area contributed by atoms with E-state index in [2.05, 4.69) is 18.7 Å². The summed E-state index contributed by atoms with van der Waals surface area (Å²) in [6.07, 6.45) is 0. The first-order valence-corrected chi connectivity index (χ1v) is 9.27. The van der Waals surface area contributed by atoms with Crippen LogP contribution in [0.5, 0.6) is 11.5 Å². The Morgan fingerprint density at radius 1 is 1.04 bits per heavy atom. The van der Waals surface area contributed by atoms with Crippen LogP contribution in [0.25, 0.3) is 0 Å². The second-order valence-electron chi connectivity index (χ2n) is 6.12. The number of nitrogens with zero attached hydrogens (tertiary/aromatic N) is 2. The molecule has 1 aromatic rings. The molecular weight excluding hydrogens is 316 g/mol. The molecule has 0 aliphatic carbocycles. The highest BCUT2D eigenvalue weighted by Crippen LogP contribution is 2.30. The van der Waals surface area contributed by atoms with Crippen LogP contribution < -0.4 is 9.47 Å². The van der Waals surface area contributed by atoms with E-state index in [0.29, 0.717) is 30.5 Å². The van der Waals surface area contributed by atoms with Gasteiger partial charge in [0.15, 0.2) is 11.5 Å². The molecule has 0 spiro atoms. The fourth-order valence-electron chi connectivity index (χ4n) is 2.79. The minimum atomic E-state index is -3.50. The highest BCUT2D eigenvalue weighted by atomic mass is 32.2. The molecule has 1 aliphatic heterocycles. The summed E-state index contributed by atoms with van der Waals surface area (Å²) >= 11 is 0. The summed E-state index contributed by atoms with van der Waals surface area (Å²) in [5, 5.41) is 0. The molecule has 1 saturated heterocycles. The average molecular weight is 342 g/mol. The van der Waals surface area contributed by atoms with Gasteiger partial charge in [-0.2, -0.15) is 4.31 Å². The van der Waals surface area contributed by atoms with Gasteiger partial charge in [0.2, 0.25) is 10.0 Å². The fourth-order valence-corrected chi connectivity index (χ4v) is 4.23. The molecule has 0 saturated carbocycles. The molecule has 0 aromatic heterocycles. The van der Waals surface area contributed by atoms with Crippen LogP contribution in [0.15, 0.2) is 23.1 Å². The van der Waals surface area contributed by atoms with Gasteiger partial charge >= 0.3 is 0 Å². The lowest BCUT2D eigenvalue weighted by Crippen LogP contribution is -2.49. The van der Waals surface area contributed by atoms with Crippen LogP contribution in [0.3, 0.4) is 0 Å². The summed E-state index contributed by atoms with van der Waals surface area (Å²) in [4.78, 5) is 2.55. The lowest BCUT2D eigenvalue weighted by molar-refractivity contribution is 0.172. The van der Waals surface area contributed by atoms with Gasteiger partial charge in [-0.25, -0.2) is 8.42 Å². The molecular formula is C16H26N2O4S. The Kier molecular flexibility index (Phi) is 5.89. The highest BCUT2D eigenvalue weighted by Gasteiger charge is 2.29. The average Bonchev–Trinajstić information content (AvgIpc) is 2.54. The van der Waals surface area contributed by atoms with E-state index >= 15 is 0 Å². The van der Waals surface area contributed by atoms with Crippen LogP contribution in [0.1, 0.15) is 13.8 Å². The van der Waals surface area contributed by atoms with E-state index in [1.165, 1.54) is 20.3 Å². The van der Waals surface area contributed by atoms with Gasteiger partial charge in [0.05, 0.1) is 19.1 Å². The monoisotopic (exact) mass is 342 g/mol. The van der Waals surface area contributed by atoms with Crippen LogP contribution in [0.4, 0.5) is 0 Å². The second-order valence-corrected chi connectivity index (χ2v) is 8.05. The third kappa shape index (κ3) is 4.16. The molecule has 2 rings (SSSR count). The Morgan fingerprint density at radius 3 is 2.17 bits per heavy atom. The molecule has 1 aliphatic rings. The Hall–Kier alpha value is -1.31. The lowest BCUT2D eigenvalue weighted by Gasteiger charge is -2.34. The van der Waals surface area contributed by atoms with Gasteiger partial charge in [0, 0.05) is 38.8 Å². The van der Waals surface area contributed by atoms with Crippen molar-refractivity contribution in [3.63, 3.8) is 0 Å². The number of hydrogen-bond acceptors (Lipinski definition) is 5. The molecule has 130 valence electrons. The molecule has 0 atom stereocenters. The van der Waals surface area contributed by atoms with Crippen molar-refractivity contribution in [1.29, 1.82) is 0 Å². The Balaban J connectivity index is 2.13. The third-order valence-corrected chi connectivity index (χ3v) is 5.84. The van der Waals surface area contributed by atoms with E-state index in [1.54, 1.807) is 16.4 Å². The molecule has 0 N–H and O–H groups in total.